The van der Waals surface area contributed by atoms with Crippen LogP contribution in [0, 0.1) is 6.92 Å². The molecule has 0 saturated carbocycles. The number of carbonyl (C=O) groups is 1. The number of ketones is 1. The van der Waals surface area contributed by atoms with Gasteiger partial charge in [0.2, 0.25) is 0 Å². The molecular formula is C13H18O. The molecule has 0 aliphatic carbocycles. The summed E-state index contributed by atoms with van der Waals surface area (Å²) in [5.41, 5.74) is 2.54. The standard InChI is InChI=1S/C13H18O/c1-3-4-13(14)10-9-12-7-5-11(2)6-8-12/h5-8H,3-4,9-10H2,1-2H3. The van der Waals surface area contributed by atoms with Crippen LogP contribution in [-0.4, -0.2) is 5.78 Å². The van der Waals surface area contributed by atoms with Crippen molar-refractivity contribution in [3.05, 3.63) is 35.4 Å². The van der Waals surface area contributed by atoms with Crippen LogP contribution in [0.25, 0.3) is 0 Å². The smallest absolute Gasteiger partial charge is 0.133 e. The van der Waals surface area contributed by atoms with E-state index in [4.69, 9.17) is 0 Å². The Bertz CT molecular complexity index is 285. The van der Waals surface area contributed by atoms with Crippen molar-refractivity contribution in [1.82, 2.24) is 0 Å². The van der Waals surface area contributed by atoms with Crippen LogP contribution in [0.15, 0.2) is 24.3 Å². The molecule has 1 aromatic carbocycles. The molecule has 0 N–H and O–H groups in total. The Labute approximate surface area is 86.1 Å². The minimum Gasteiger partial charge on any atom is -0.300 e. The molecule has 0 aliphatic rings. The van der Waals surface area contributed by atoms with Crippen molar-refractivity contribution in [2.45, 2.75) is 39.5 Å². The number of aryl methyl sites for hydroxylation is 2. The van der Waals surface area contributed by atoms with E-state index < -0.39 is 0 Å². The van der Waals surface area contributed by atoms with E-state index in [1.807, 2.05) is 6.92 Å². The molecule has 0 amide bonds. The predicted molar refractivity (Wildman–Crippen MR) is 59.4 cm³/mol. The zero-order valence-corrected chi connectivity index (χ0v) is 9.05. The maximum absolute atomic E-state index is 11.3. The van der Waals surface area contributed by atoms with Crippen LogP contribution in [0.3, 0.4) is 0 Å². The number of benzene rings is 1. The molecule has 1 aromatic rings. The van der Waals surface area contributed by atoms with Crippen molar-refractivity contribution in [2.75, 3.05) is 0 Å². The molecule has 0 fully saturated rings. The van der Waals surface area contributed by atoms with Gasteiger partial charge in [-0.25, -0.2) is 0 Å². The normalized spacial score (nSPS) is 10.1. The zero-order chi connectivity index (χ0) is 10.4. The highest BCUT2D eigenvalue weighted by Crippen LogP contribution is 2.07. The molecule has 0 unspecified atom stereocenters. The largest absolute Gasteiger partial charge is 0.300 e. The van der Waals surface area contributed by atoms with E-state index in [1.54, 1.807) is 0 Å². The van der Waals surface area contributed by atoms with E-state index in [0.29, 0.717) is 12.2 Å². The molecule has 1 rings (SSSR count). The number of rotatable bonds is 5. The van der Waals surface area contributed by atoms with Crippen molar-refractivity contribution in [2.24, 2.45) is 0 Å². The average Bonchev–Trinajstić information content (AvgIpc) is 2.17. The Morgan fingerprint density at radius 2 is 1.79 bits per heavy atom. The average molecular weight is 190 g/mol. The molecule has 0 bridgehead atoms. The highest BCUT2D eigenvalue weighted by Gasteiger charge is 2.00. The van der Waals surface area contributed by atoms with Gasteiger partial charge in [0.05, 0.1) is 0 Å². The predicted octanol–water partition coefficient (Wildman–Crippen LogP) is 3.30. The molecule has 0 spiro atoms. The molecular weight excluding hydrogens is 172 g/mol. The number of Topliss-reactive ketones (excluding diaryl/α,β-unsaturated/α-hetero) is 1. The molecule has 14 heavy (non-hydrogen) atoms. The topological polar surface area (TPSA) is 17.1 Å². The Hall–Kier alpha value is -1.11. The van der Waals surface area contributed by atoms with Crippen molar-refractivity contribution in [3.63, 3.8) is 0 Å². The van der Waals surface area contributed by atoms with Gasteiger partial charge in [0.1, 0.15) is 5.78 Å². The van der Waals surface area contributed by atoms with E-state index in [2.05, 4.69) is 31.2 Å². The Morgan fingerprint density at radius 3 is 2.36 bits per heavy atom. The molecule has 0 aliphatic heterocycles. The first-order valence-electron chi connectivity index (χ1n) is 5.29. The van der Waals surface area contributed by atoms with Crippen molar-refractivity contribution < 1.29 is 4.79 Å². The summed E-state index contributed by atoms with van der Waals surface area (Å²) < 4.78 is 0. The SMILES string of the molecule is CCCC(=O)CCc1ccc(C)cc1. The van der Waals surface area contributed by atoms with Crippen LogP contribution >= 0.6 is 0 Å². The molecule has 0 aromatic heterocycles. The van der Waals surface area contributed by atoms with Gasteiger partial charge < -0.3 is 0 Å². The molecule has 0 atom stereocenters. The van der Waals surface area contributed by atoms with Gasteiger partial charge in [0, 0.05) is 12.8 Å². The zero-order valence-electron chi connectivity index (χ0n) is 9.05. The van der Waals surface area contributed by atoms with E-state index in [9.17, 15) is 4.79 Å². The number of hydrogen-bond acceptors (Lipinski definition) is 1. The second-order valence-electron chi connectivity index (χ2n) is 3.77. The first-order chi connectivity index (χ1) is 6.72. The van der Waals surface area contributed by atoms with Crippen molar-refractivity contribution >= 4 is 5.78 Å². The van der Waals surface area contributed by atoms with Crippen LogP contribution in [0.5, 0.6) is 0 Å². The van der Waals surface area contributed by atoms with Gasteiger partial charge in [-0.3, -0.25) is 4.79 Å². The molecule has 1 heteroatoms. The molecule has 0 saturated heterocycles. The van der Waals surface area contributed by atoms with Crippen LogP contribution < -0.4 is 0 Å². The Balaban J connectivity index is 2.38. The van der Waals surface area contributed by atoms with Gasteiger partial charge in [-0.05, 0) is 25.3 Å². The van der Waals surface area contributed by atoms with Gasteiger partial charge >= 0.3 is 0 Å². The third kappa shape index (κ3) is 3.73. The quantitative estimate of drug-likeness (QED) is 0.696. The summed E-state index contributed by atoms with van der Waals surface area (Å²) in [7, 11) is 0. The lowest BCUT2D eigenvalue weighted by molar-refractivity contribution is -0.119. The van der Waals surface area contributed by atoms with Crippen LogP contribution in [0.4, 0.5) is 0 Å². The van der Waals surface area contributed by atoms with Gasteiger partial charge in [-0.15, -0.1) is 0 Å². The van der Waals surface area contributed by atoms with Gasteiger partial charge in [0.15, 0.2) is 0 Å². The summed E-state index contributed by atoms with van der Waals surface area (Å²) in [4.78, 5) is 11.3. The highest BCUT2D eigenvalue weighted by atomic mass is 16.1. The second-order valence-corrected chi connectivity index (χ2v) is 3.77. The van der Waals surface area contributed by atoms with Gasteiger partial charge in [-0.1, -0.05) is 36.8 Å². The summed E-state index contributed by atoms with van der Waals surface area (Å²) in [5.74, 6) is 0.382. The minimum absolute atomic E-state index is 0.382. The fraction of sp³-hybridized carbons (Fsp3) is 0.462. The highest BCUT2D eigenvalue weighted by molar-refractivity contribution is 5.78. The van der Waals surface area contributed by atoms with Gasteiger partial charge in [-0.2, -0.15) is 0 Å². The Morgan fingerprint density at radius 1 is 1.14 bits per heavy atom. The fourth-order valence-electron chi connectivity index (χ4n) is 1.44. The maximum atomic E-state index is 11.3. The minimum atomic E-state index is 0.382. The van der Waals surface area contributed by atoms with Crippen LogP contribution in [-0.2, 0) is 11.2 Å². The first-order valence-corrected chi connectivity index (χ1v) is 5.29. The lowest BCUT2D eigenvalue weighted by atomic mass is 10.0. The lowest BCUT2D eigenvalue weighted by Gasteiger charge is -2.01. The second kappa shape index (κ2) is 5.58. The fourth-order valence-corrected chi connectivity index (χ4v) is 1.44. The van der Waals surface area contributed by atoms with E-state index in [-0.39, 0.29) is 0 Å². The third-order valence-corrected chi connectivity index (χ3v) is 2.34. The number of carbonyl (C=O) groups excluding carboxylic acids is 1. The maximum Gasteiger partial charge on any atom is 0.133 e. The monoisotopic (exact) mass is 190 g/mol. The van der Waals surface area contributed by atoms with Crippen LogP contribution in [0.2, 0.25) is 0 Å². The molecule has 76 valence electrons. The summed E-state index contributed by atoms with van der Waals surface area (Å²) in [6.07, 6.45) is 3.27. The third-order valence-electron chi connectivity index (χ3n) is 2.34. The number of hydrogen-bond donors (Lipinski definition) is 0. The molecule has 0 heterocycles. The summed E-state index contributed by atoms with van der Waals surface area (Å²) in [5, 5.41) is 0. The molecule has 0 radical (unpaired) electrons. The van der Waals surface area contributed by atoms with Crippen molar-refractivity contribution in [3.8, 4) is 0 Å². The van der Waals surface area contributed by atoms with Gasteiger partial charge in [0.25, 0.3) is 0 Å². The van der Waals surface area contributed by atoms with E-state index in [1.165, 1.54) is 11.1 Å². The summed E-state index contributed by atoms with van der Waals surface area (Å²) in [6.45, 7) is 4.12. The summed E-state index contributed by atoms with van der Waals surface area (Å²) in [6, 6.07) is 8.41. The van der Waals surface area contributed by atoms with E-state index >= 15 is 0 Å². The Kier molecular flexibility index (Phi) is 4.37. The first kappa shape index (κ1) is 11.0. The lowest BCUT2D eigenvalue weighted by Crippen LogP contribution is -1.99. The van der Waals surface area contributed by atoms with E-state index in [0.717, 1.165) is 19.3 Å². The molecule has 1 nitrogen and oxygen atoms in total. The van der Waals surface area contributed by atoms with Crippen LogP contribution in [0.1, 0.15) is 37.3 Å². The van der Waals surface area contributed by atoms with Crippen molar-refractivity contribution in [1.29, 1.82) is 0 Å². The summed E-state index contributed by atoms with van der Waals surface area (Å²) >= 11 is 0.